The van der Waals surface area contributed by atoms with Gasteiger partial charge < -0.3 is 9.64 Å². The standard InChI is InChI=1S/C20H25BrN2O3S/c1-14-6-5-7-15(2)20(14)22-8-10-23(11-9-22)27(24,25)19-13-17(21)16(3)12-18(19)26-4/h5-7,12-13H,8-11H2,1-4H3. The summed E-state index contributed by atoms with van der Waals surface area (Å²) < 4.78 is 34.1. The zero-order chi connectivity index (χ0) is 19.8. The number of ether oxygens (including phenoxy) is 1. The Morgan fingerprint density at radius 3 is 2.11 bits per heavy atom. The van der Waals surface area contributed by atoms with Crippen LogP contribution in [0.15, 0.2) is 39.7 Å². The van der Waals surface area contributed by atoms with Crippen LogP contribution in [0.1, 0.15) is 16.7 Å². The molecule has 1 aliphatic heterocycles. The molecule has 0 saturated carbocycles. The van der Waals surface area contributed by atoms with Crippen molar-refractivity contribution in [2.24, 2.45) is 0 Å². The van der Waals surface area contributed by atoms with Crippen molar-refractivity contribution in [2.75, 3.05) is 38.2 Å². The van der Waals surface area contributed by atoms with Gasteiger partial charge in [0.15, 0.2) is 0 Å². The van der Waals surface area contributed by atoms with Gasteiger partial charge in [-0.15, -0.1) is 0 Å². The van der Waals surface area contributed by atoms with Crippen LogP contribution in [-0.2, 0) is 10.0 Å². The third kappa shape index (κ3) is 3.86. The molecule has 3 rings (SSSR count). The molecule has 27 heavy (non-hydrogen) atoms. The van der Waals surface area contributed by atoms with Gasteiger partial charge in [-0.2, -0.15) is 4.31 Å². The quantitative estimate of drug-likeness (QED) is 0.705. The maximum Gasteiger partial charge on any atom is 0.246 e. The van der Waals surface area contributed by atoms with Crippen molar-refractivity contribution < 1.29 is 13.2 Å². The summed E-state index contributed by atoms with van der Waals surface area (Å²) in [5.41, 5.74) is 4.58. The van der Waals surface area contributed by atoms with E-state index < -0.39 is 10.0 Å². The van der Waals surface area contributed by atoms with Gasteiger partial charge in [0, 0.05) is 36.3 Å². The number of sulfonamides is 1. The van der Waals surface area contributed by atoms with Crippen LogP contribution < -0.4 is 9.64 Å². The van der Waals surface area contributed by atoms with Crippen molar-refractivity contribution >= 4 is 31.6 Å². The SMILES string of the molecule is COc1cc(C)c(Br)cc1S(=O)(=O)N1CCN(c2c(C)cccc2C)CC1. The van der Waals surface area contributed by atoms with Crippen molar-refractivity contribution in [3.63, 3.8) is 0 Å². The van der Waals surface area contributed by atoms with Crippen molar-refractivity contribution in [1.29, 1.82) is 0 Å². The predicted molar refractivity (Wildman–Crippen MR) is 112 cm³/mol. The first-order valence-electron chi connectivity index (χ1n) is 8.91. The molecule has 0 spiro atoms. The number of nitrogens with zero attached hydrogens (tertiary/aromatic N) is 2. The van der Waals surface area contributed by atoms with Gasteiger partial charge in [-0.25, -0.2) is 8.42 Å². The molecule has 7 heteroatoms. The average Bonchev–Trinajstić information content (AvgIpc) is 2.64. The number of halogens is 1. The second-order valence-electron chi connectivity index (χ2n) is 6.88. The van der Waals surface area contributed by atoms with Gasteiger partial charge in [0.2, 0.25) is 10.0 Å². The topological polar surface area (TPSA) is 49.9 Å². The number of methoxy groups -OCH3 is 1. The van der Waals surface area contributed by atoms with Gasteiger partial charge >= 0.3 is 0 Å². The average molecular weight is 453 g/mol. The summed E-state index contributed by atoms with van der Waals surface area (Å²) in [7, 11) is -2.12. The Labute approximate surface area is 170 Å². The van der Waals surface area contributed by atoms with E-state index in [2.05, 4.69) is 52.9 Å². The second-order valence-corrected chi connectivity index (χ2v) is 9.64. The molecule has 0 radical (unpaired) electrons. The monoisotopic (exact) mass is 452 g/mol. The Morgan fingerprint density at radius 1 is 0.963 bits per heavy atom. The fourth-order valence-corrected chi connectivity index (χ4v) is 5.67. The molecule has 1 heterocycles. The molecule has 0 aliphatic carbocycles. The highest BCUT2D eigenvalue weighted by Crippen LogP contribution is 2.33. The Balaban J connectivity index is 1.85. The molecular weight excluding hydrogens is 428 g/mol. The Kier molecular flexibility index (Phi) is 5.84. The number of benzene rings is 2. The third-order valence-corrected chi connectivity index (χ3v) is 7.83. The highest BCUT2D eigenvalue weighted by molar-refractivity contribution is 9.10. The molecule has 0 atom stereocenters. The number of para-hydroxylation sites is 1. The lowest BCUT2D eigenvalue weighted by atomic mass is 10.1. The smallest absolute Gasteiger partial charge is 0.246 e. The van der Waals surface area contributed by atoms with Crippen LogP contribution in [0, 0.1) is 20.8 Å². The number of hydrogen-bond donors (Lipinski definition) is 0. The maximum absolute atomic E-state index is 13.2. The molecule has 1 saturated heterocycles. The van der Waals surface area contributed by atoms with Crippen molar-refractivity contribution in [1.82, 2.24) is 4.31 Å². The van der Waals surface area contributed by atoms with Gasteiger partial charge in [-0.3, -0.25) is 0 Å². The second kappa shape index (κ2) is 7.81. The van der Waals surface area contributed by atoms with E-state index in [1.54, 1.807) is 16.4 Å². The lowest BCUT2D eigenvalue weighted by Gasteiger charge is -2.37. The summed E-state index contributed by atoms with van der Waals surface area (Å²) in [6.07, 6.45) is 0. The number of piperazine rings is 1. The van der Waals surface area contributed by atoms with Crippen LogP contribution in [0.2, 0.25) is 0 Å². The van der Waals surface area contributed by atoms with E-state index >= 15 is 0 Å². The normalized spacial score (nSPS) is 15.8. The zero-order valence-corrected chi connectivity index (χ0v) is 18.5. The molecule has 0 N–H and O–H groups in total. The first-order valence-corrected chi connectivity index (χ1v) is 11.1. The Bertz CT molecular complexity index is 932. The zero-order valence-electron chi connectivity index (χ0n) is 16.1. The van der Waals surface area contributed by atoms with Gasteiger partial charge in [0.25, 0.3) is 0 Å². The lowest BCUT2D eigenvalue weighted by Crippen LogP contribution is -2.49. The van der Waals surface area contributed by atoms with Gasteiger partial charge in [-0.1, -0.05) is 34.1 Å². The summed E-state index contributed by atoms with van der Waals surface area (Å²) in [6.45, 7) is 8.34. The van der Waals surface area contributed by atoms with E-state index in [9.17, 15) is 8.42 Å². The number of rotatable bonds is 4. The molecule has 1 fully saturated rings. The minimum absolute atomic E-state index is 0.211. The maximum atomic E-state index is 13.2. The molecule has 0 aromatic heterocycles. The first kappa shape index (κ1) is 20.2. The molecule has 146 valence electrons. The highest BCUT2D eigenvalue weighted by Gasteiger charge is 2.32. The van der Waals surface area contributed by atoms with Gasteiger partial charge in [-0.05, 0) is 49.6 Å². The minimum Gasteiger partial charge on any atom is -0.495 e. The third-order valence-electron chi connectivity index (χ3n) is 5.06. The number of aryl methyl sites for hydroxylation is 3. The summed E-state index contributed by atoms with van der Waals surface area (Å²) in [5.74, 6) is 0.382. The fourth-order valence-electron chi connectivity index (χ4n) is 3.59. The van der Waals surface area contributed by atoms with E-state index in [1.807, 2.05) is 6.92 Å². The van der Waals surface area contributed by atoms with E-state index in [4.69, 9.17) is 4.74 Å². The summed E-state index contributed by atoms with van der Waals surface area (Å²) in [6, 6.07) is 9.64. The van der Waals surface area contributed by atoms with Crippen LogP contribution >= 0.6 is 15.9 Å². The summed E-state index contributed by atoms with van der Waals surface area (Å²) in [5, 5.41) is 0. The number of anilines is 1. The molecule has 2 aromatic rings. The fraction of sp³-hybridized carbons (Fsp3) is 0.400. The van der Waals surface area contributed by atoms with E-state index in [-0.39, 0.29) is 4.90 Å². The van der Waals surface area contributed by atoms with Crippen LogP contribution in [0.25, 0.3) is 0 Å². The minimum atomic E-state index is -3.62. The molecule has 0 unspecified atom stereocenters. The van der Waals surface area contributed by atoms with E-state index in [0.717, 1.165) is 10.0 Å². The lowest BCUT2D eigenvalue weighted by molar-refractivity contribution is 0.374. The van der Waals surface area contributed by atoms with Crippen LogP contribution in [0.3, 0.4) is 0 Å². The van der Waals surface area contributed by atoms with E-state index in [0.29, 0.717) is 31.9 Å². The van der Waals surface area contributed by atoms with Gasteiger partial charge in [0.05, 0.1) is 7.11 Å². The largest absolute Gasteiger partial charge is 0.495 e. The van der Waals surface area contributed by atoms with E-state index in [1.165, 1.54) is 23.9 Å². The summed E-state index contributed by atoms with van der Waals surface area (Å²) in [4.78, 5) is 2.49. The van der Waals surface area contributed by atoms with Gasteiger partial charge in [0.1, 0.15) is 10.6 Å². The van der Waals surface area contributed by atoms with Crippen LogP contribution in [0.5, 0.6) is 5.75 Å². The Hall–Kier alpha value is -1.57. The Morgan fingerprint density at radius 2 is 1.56 bits per heavy atom. The highest BCUT2D eigenvalue weighted by atomic mass is 79.9. The van der Waals surface area contributed by atoms with Crippen molar-refractivity contribution in [3.8, 4) is 5.75 Å². The summed E-state index contributed by atoms with van der Waals surface area (Å²) >= 11 is 3.44. The molecule has 5 nitrogen and oxygen atoms in total. The van der Waals surface area contributed by atoms with Crippen molar-refractivity contribution in [3.05, 3.63) is 51.5 Å². The molecular formula is C20H25BrN2O3S. The first-order chi connectivity index (χ1) is 12.8. The predicted octanol–water partition coefficient (Wildman–Crippen LogP) is 3.89. The molecule has 0 amide bonds. The van der Waals surface area contributed by atoms with Crippen LogP contribution in [-0.4, -0.2) is 46.0 Å². The number of hydrogen-bond acceptors (Lipinski definition) is 4. The van der Waals surface area contributed by atoms with Crippen LogP contribution in [0.4, 0.5) is 5.69 Å². The molecule has 0 bridgehead atoms. The van der Waals surface area contributed by atoms with Crippen molar-refractivity contribution in [2.45, 2.75) is 25.7 Å². The molecule has 2 aromatic carbocycles. The molecule has 1 aliphatic rings.